The van der Waals surface area contributed by atoms with Crippen molar-refractivity contribution < 1.29 is 23.8 Å². The van der Waals surface area contributed by atoms with Gasteiger partial charge in [-0.25, -0.2) is 0 Å². The van der Waals surface area contributed by atoms with Gasteiger partial charge in [0.25, 0.3) is 11.8 Å². The van der Waals surface area contributed by atoms with Gasteiger partial charge in [0.2, 0.25) is 0 Å². The van der Waals surface area contributed by atoms with Gasteiger partial charge in [-0.15, -0.1) is 0 Å². The van der Waals surface area contributed by atoms with E-state index in [2.05, 4.69) is 10.6 Å². The zero-order valence-electron chi connectivity index (χ0n) is 16.8. The van der Waals surface area contributed by atoms with Crippen molar-refractivity contribution in [3.63, 3.8) is 0 Å². The lowest BCUT2D eigenvalue weighted by Gasteiger charge is -2.10. The number of rotatable bonds is 10. The molecule has 8 nitrogen and oxygen atoms in total. The highest BCUT2D eigenvalue weighted by Crippen LogP contribution is 2.23. The van der Waals surface area contributed by atoms with Crippen molar-refractivity contribution in [1.82, 2.24) is 5.32 Å². The minimum Gasteiger partial charge on any atom is -0.495 e. The second-order valence-electron chi connectivity index (χ2n) is 6.02. The molecule has 0 aromatic heterocycles. The predicted molar refractivity (Wildman–Crippen MR) is 112 cm³/mol. The second kappa shape index (κ2) is 11.9. The number of anilines is 1. The molecule has 0 atom stereocenters. The number of nitrogens with one attached hydrogen (secondary N) is 2. The van der Waals surface area contributed by atoms with E-state index in [4.69, 9.17) is 14.2 Å². The van der Waals surface area contributed by atoms with Crippen molar-refractivity contribution in [3.05, 3.63) is 59.7 Å². The quantitative estimate of drug-likeness (QED) is 0.354. The largest absolute Gasteiger partial charge is 0.495 e. The number of methoxy groups -OCH3 is 2. The van der Waals surface area contributed by atoms with Crippen LogP contribution in [0.2, 0.25) is 0 Å². The third kappa shape index (κ3) is 6.96. The summed E-state index contributed by atoms with van der Waals surface area (Å²) in [5, 5.41) is 14.5. The Balaban J connectivity index is 1.91. The van der Waals surface area contributed by atoms with Gasteiger partial charge in [-0.3, -0.25) is 9.59 Å². The summed E-state index contributed by atoms with van der Waals surface area (Å²) >= 11 is 0. The van der Waals surface area contributed by atoms with Crippen LogP contribution in [0.15, 0.2) is 54.1 Å². The Kier molecular flexibility index (Phi) is 8.90. The molecular weight excluding hydrogens is 386 g/mol. The van der Waals surface area contributed by atoms with E-state index in [0.29, 0.717) is 35.9 Å². The Morgan fingerprint density at radius 3 is 2.50 bits per heavy atom. The molecule has 0 saturated heterocycles. The maximum atomic E-state index is 12.1. The monoisotopic (exact) mass is 409 g/mol. The number of amides is 2. The number of nitrogens with zero attached hydrogens (tertiary/aromatic N) is 1. The summed E-state index contributed by atoms with van der Waals surface area (Å²) in [6.07, 6.45) is 1.47. The van der Waals surface area contributed by atoms with Crippen LogP contribution >= 0.6 is 0 Å². The number of para-hydroxylation sites is 2. The van der Waals surface area contributed by atoms with Gasteiger partial charge in [0.05, 0.1) is 19.4 Å². The molecular formula is C22H23N3O5. The van der Waals surface area contributed by atoms with Gasteiger partial charge < -0.3 is 24.8 Å². The molecule has 2 amide bonds. The van der Waals surface area contributed by atoms with E-state index < -0.39 is 5.91 Å². The smallest absolute Gasteiger partial charge is 0.262 e. The molecule has 0 heterocycles. The van der Waals surface area contributed by atoms with Crippen molar-refractivity contribution in [2.24, 2.45) is 0 Å². The Bertz CT molecular complexity index is 933. The maximum Gasteiger partial charge on any atom is 0.262 e. The molecule has 0 saturated carbocycles. The van der Waals surface area contributed by atoms with Crippen molar-refractivity contribution >= 4 is 23.6 Å². The highest BCUT2D eigenvalue weighted by Gasteiger charge is 2.09. The third-order valence-electron chi connectivity index (χ3n) is 3.90. The average molecular weight is 409 g/mol. The highest BCUT2D eigenvalue weighted by molar-refractivity contribution is 6.01. The number of nitriles is 1. The second-order valence-corrected chi connectivity index (χ2v) is 6.02. The molecule has 0 aliphatic heterocycles. The average Bonchev–Trinajstić information content (AvgIpc) is 2.77. The first-order valence-corrected chi connectivity index (χ1v) is 9.12. The van der Waals surface area contributed by atoms with Gasteiger partial charge in [0, 0.05) is 13.7 Å². The highest BCUT2D eigenvalue weighted by atomic mass is 16.5. The fourth-order valence-electron chi connectivity index (χ4n) is 2.42. The molecule has 0 bridgehead atoms. The van der Waals surface area contributed by atoms with Crippen molar-refractivity contribution in [1.29, 1.82) is 5.26 Å². The molecule has 2 rings (SSSR count). The van der Waals surface area contributed by atoms with Crippen LogP contribution in [0.4, 0.5) is 5.69 Å². The summed E-state index contributed by atoms with van der Waals surface area (Å²) in [6, 6.07) is 15.6. The molecule has 2 N–H and O–H groups in total. The minimum absolute atomic E-state index is 0.0176. The van der Waals surface area contributed by atoms with Gasteiger partial charge in [0.15, 0.2) is 6.61 Å². The number of hydrogen-bond acceptors (Lipinski definition) is 6. The van der Waals surface area contributed by atoms with Crippen LogP contribution in [0, 0.1) is 11.3 Å². The lowest BCUT2D eigenvalue weighted by atomic mass is 10.1. The lowest BCUT2D eigenvalue weighted by Crippen LogP contribution is -2.27. The van der Waals surface area contributed by atoms with E-state index in [-0.39, 0.29) is 18.1 Å². The summed E-state index contributed by atoms with van der Waals surface area (Å²) in [5.41, 5.74) is 1.19. The Morgan fingerprint density at radius 2 is 1.83 bits per heavy atom. The molecule has 0 radical (unpaired) electrons. The van der Waals surface area contributed by atoms with Gasteiger partial charge in [0.1, 0.15) is 23.1 Å². The van der Waals surface area contributed by atoms with Crippen molar-refractivity contribution in [3.8, 4) is 17.6 Å². The molecule has 0 unspecified atom stereocenters. The zero-order valence-corrected chi connectivity index (χ0v) is 16.8. The Hall–Kier alpha value is -3.83. The number of carbonyl (C=O) groups excluding carboxylic acids is 2. The molecule has 0 aliphatic carbocycles. The first kappa shape index (κ1) is 22.5. The summed E-state index contributed by atoms with van der Waals surface area (Å²) in [6.45, 7) is 0.498. The SMILES string of the molecule is COCCNC(=O)/C(C#N)=C/c1ccc(OCC(=O)Nc2ccccc2OC)cc1. The summed E-state index contributed by atoms with van der Waals surface area (Å²) in [7, 11) is 3.05. The number of benzene rings is 2. The summed E-state index contributed by atoms with van der Waals surface area (Å²) in [4.78, 5) is 24.1. The van der Waals surface area contributed by atoms with Crippen molar-refractivity contribution in [2.45, 2.75) is 0 Å². The van der Waals surface area contributed by atoms with E-state index in [0.717, 1.165) is 0 Å². The van der Waals surface area contributed by atoms with E-state index in [1.54, 1.807) is 42.5 Å². The maximum absolute atomic E-state index is 12.1. The predicted octanol–water partition coefficient (Wildman–Crippen LogP) is 2.38. The number of hydrogen-bond donors (Lipinski definition) is 2. The van der Waals surface area contributed by atoms with E-state index in [9.17, 15) is 14.9 Å². The lowest BCUT2D eigenvalue weighted by molar-refractivity contribution is -0.118. The molecule has 0 aliphatic rings. The molecule has 156 valence electrons. The van der Waals surface area contributed by atoms with Gasteiger partial charge >= 0.3 is 0 Å². The van der Waals surface area contributed by atoms with Crippen LogP contribution < -0.4 is 20.1 Å². The first-order valence-electron chi connectivity index (χ1n) is 9.12. The molecule has 0 spiro atoms. The van der Waals surface area contributed by atoms with Gasteiger partial charge in [-0.05, 0) is 35.9 Å². The van der Waals surface area contributed by atoms with Crippen LogP contribution in [0.1, 0.15) is 5.56 Å². The number of ether oxygens (including phenoxy) is 3. The third-order valence-corrected chi connectivity index (χ3v) is 3.90. The molecule has 8 heteroatoms. The van der Waals surface area contributed by atoms with Crippen LogP contribution in [0.25, 0.3) is 6.08 Å². The van der Waals surface area contributed by atoms with Crippen LogP contribution in [0.3, 0.4) is 0 Å². The summed E-state index contributed by atoms with van der Waals surface area (Å²) in [5.74, 6) is 0.234. The van der Waals surface area contributed by atoms with Crippen molar-refractivity contribution in [2.75, 3.05) is 39.3 Å². The molecule has 2 aromatic rings. The van der Waals surface area contributed by atoms with E-state index in [1.165, 1.54) is 20.3 Å². The summed E-state index contributed by atoms with van der Waals surface area (Å²) < 4.78 is 15.5. The molecule has 0 fully saturated rings. The zero-order chi connectivity index (χ0) is 21.8. The number of carbonyl (C=O) groups is 2. The van der Waals surface area contributed by atoms with Crippen LogP contribution in [-0.4, -0.2) is 45.8 Å². The first-order chi connectivity index (χ1) is 14.6. The molecule has 30 heavy (non-hydrogen) atoms. The normalized spacial score (nSPS) is 10.6. The Morgan fingerprint density at radius 1 is 1.10 bits per heavy atom. The van der Waals surface area contributed by atoms with Gasteiger partial charge in [-0.1, -0.05) is 24.3 Å². The standard InChI is InChI=1S/C22H23N3O5/c1-28-12-11-24-22(27)17(14-23)13-16-7-9-18(10-8-16)30-15-21(26)25-19-5-3-4-6-20(19)29-2/h3-10,13H,11-12,15H2,1-2H3,(H,24,27)(H,25,26)/b17-13+. The molecule has 2 aromatic carbocycles. The van der Waals surface area contributed by atoms with Crippen LogP contribution in [0.5, 0.6) is 11.5 Å². The topological polar surface area (TPSA) is 110 Å². The Labute approximate surface area is 175 Å². The van der Waals surface area contributed by atoms with Gasteiger partial charge in [-0.2, -0.15) is 5.26 Å². The van der Waals surface area contributed by atoms with E-state index >= 15 is 0 Å². The van der Waals surface area contributed by atoms with Crippen LogP contribution in [-0.2, 0) is 14.3 Å². The fourth-order valence-corrected chi connectivity index (χ4v) is 2.42. The fraction of sp³-hybridized carbons (Fsp3) is 0.227. The minimum atomic E-state index is -0.470. The van der Waals surface area contributed by atoms with E-state index in [1.807, 2.05) is 12.1 Å².